The van der Waals surface area contributed by atoms with Gasteiger partial charge >= 0.3 is 0 Å². The standard InChI is InChI=1S/C10H9Cl2NO2/c11-7-4-8-6(3-10(15)13-8)1-5(7)2-9(12)14/h1,4,9,14H,2-3H2,(H,13,15). The van der Waals surface area contributed by atoms with Gasteiger partial charge in [-0.2, -0.15) is 0 Å². The van der Waals surface area contributed by atoms with E-state index in [0.717, 1.165) is 16.8 Å². The van der Waals surface area contributed by atoms with E-state index in [1.54, 1.807) is 12.1 Å². The summed E-state index contributed by atoms with van der Waals surface area (Å²) in [5.41, 5.74) is 1.45. The van der Waals surface area contributed by atoms with E-state index in [4.69, 9.17) is 28.3 Å². The van der Waals surface area contributed by atoms with Crippen molar-refractivity contribution in [3.63, 3.8) is 0 Å². The van der Waals surface area contributed by atoms with Crippen molar-refractivity contribution in [2.75, 3.05) is 5.32 Å². The number of carbonyl (C=O) groups excluding carboxylic acids is 1. The molecule has 2 N–H and O–H groups in total. The lowest BCUT2D eigenvalue weighted by Crippen LogP contribution is -2.03. The molecule has 0 fully saturated rings. The highest BCUT2D eigenvalue weighted by atomic mass is 35.5. The Hall–Kier alpha value is -0.770. The van der Waals surface area contributed by atoms with Gasteiger partial charge in [0.1, 0.15) is 5.56 Å². The molecule has 2 rings (SSSR count). The third-order valence-corrected chi connectivity index (χ3v) is 2.79. The molecule has 1 aliphatic rings. The number of alkyl halides is 1. The summed E-state index contributed by atoms with van der Waals surface area (Å²) < 4.78 is 0. The highest BCUT2D eigenvalue weighted by Gasteiger charge is 2.19. The van der Waals surface area contributed by atoms with Crippen molar-refractivity contribution in [3.8, 4) is 0 Å². The Morgan fingerprint density at radius 3 is 2.93 bits per heavy atom. The summed E-state index contributed by atoms with van der Waals surface area (Å²) in [6.07, 6.45) is 0.639. The highest BCUT2D eigenvalue weighted by Crippen LogP contribution is 2.30. The lowest BCUT2D eigenvalue weighted by atomic mass is 10.1. The summed E-state index contributed by atoms with van der Waals surface area (Å²) in [5.74, 6) is -0.0374. The highest BCUT2D eigenvalue weighted by molar-refractivity contribution is 6.32. The maximum atomic E-state index is 11.1. The maximum absolute atomic E-state index is 11.1. The van der Waals surface area contributed by atoms with Crippen LogP contribution >= 0.6 is 23.2 Å². The van der Waals surface area contributed by atoms with Crippen molar-refractivity contribution in [2.24, 2.45) is 0 Å². The number of benzene rings is 1. The SMILES string of the molecule is O=C1Cc2cc(CC(O)Cl)c(Cl)cc2N1. The minimum absolute atomic E-state index is 0.0374. The Balaban J connectivity index is 2.35. The number of hydrogen-bond donors (Lipinski definition) is 2. The molecule has 0 bridgehead atoms. The van der Waals surface area contributed by atoms with E-state index in [0.29, 0.717) is 11.4 Å². The van der Waals surface area contributed by atoms with Crippen LogP contribution in [-0.2, 0) is 17.6 Å². The van der Waals surface area contributed by atoms with Crippen LogP contribution in [0.15, 0.2) is 12.1 Å². The van der Waals surface area contributed by atoms with Gasteiger partial charge in [0.2, 0.25) is 5.91 Å². The van der Waals surface area contributed by atoms with Gasteiger partial charge in [0, 0.05) is 17.1 Å². The molecule has 1 aromatic rings. The second-order valence-electron chi connectivity index (χ2n) is 3.46. The van der Waals surface area contributed by atoms with Crippen molar-refractivity contribution in [1.29, 1.82) is 0 Å². The maximum Gasteiger partial charge on any atom is 0.228 e. The number of hydrogen-bond acceptors (Lipinski definition) is 2. The molecule has 0 aromatic heterocycles. The van der Waals surface area contributed by atoms with Crippen LogP contribution in [0.5, 0.6) is 0 Å². The number of halogens is 2. The van der Waals surface area contributed by atoms with E-state index in [1.165, 1.54) is 0 Å². The Morgan fingerprint density at radius 2 is 2.27 bits per heavy atom. The second-order valence-corrected chi connectivity index (χ2v) is 4.38. The molecule has 0 saturated carbocycles. The van der Waals surface area contributed by atoms with Crippen LogP contribution in [0.2, 0.25) is 5.02 Å². The van der Waals surface area contributed by atoms with Crippen molar-refractivity contribution in [2.45, 2.75) is 18.4 Å². The smallest absolute Gasteiger partial charge is 0.228 e. The quantitative estimate of drug-likeness (QED) is 0.783. The summed E-state index contributed by atoms with van der Waals surface area (Å²) >= 11 is 11.5. The zero-order valence-corrected chi connectivity index (χ0v) is 9.27. The molecular weight excluding hydrogens is 237 g/mol. The number of carbonyl (C=O) groups is 1. The van der Waals surface area contributed by atoms with E-state index in [9.17, 15) is 4.79 Å². The Kier molecular flexibility index (Phi) is 2.87. The molecule has 0 saturated heterocycles. The number of rotatable bonds is 2. The molecule has 0 aliphatic carbocycles. The average Bonchev–Trinajstić information content (AvgIpc) is 2.44. The summed E-state index contributed by atoms with van der Waals surface area (Å²) in [7, 11) is 0. The summed E-state index contributed by atoms with van der Waals surface area (Å²) in [6, 6.07) is 3.50. The van der Waals surface area contributed by atoms with Crippen LogP contribution in [0.1, 0.15) is 11.1 Å². The Bertz CT molecular complexity index is 418. The Labute approximate surface area is 97.0 Å². The fourth-order valence-corrected chi connectivity index (χ4v) is 2.04. The lowest BCUT2D eigenvalue weighted by Gasteiger charge is -2.08. The van der Waals surface area contributed by atoms with Crippen molar-refractivity contribution < 1.29 is 9.90 Å². The largest absolute Gasteiger partial charge is 0.377 e. The van der Waals surface area contributed by atoms with E-state index in [-0.39, 0.29) is 12.3 Å². The number of fused-ring (bicyclic) bond motifs is 1. The minimum Gasteiger partial charge on any atom is -0.377 e. The normalized spacial score (nSPS) is 16.1. The summed E-state index contributed by atoms with van der Waals surface area (Å²) in [6.45, 7) is 0. The molecule has 5 heteroatoms. The molecule has 1 aliphatic heterocycles. The van der Waals surface area contributed by atoms with Gasteiger partial charge in [-0.25, -0.2) is 0 Å². The lowest BCUT2D eigenvalue weighted by molar-refractivity contribution is -0.115. The van der Waals surface area contributed by atoms with Gasteiger partial charge in [0.05, 0.1) is 6.42 Å². The fourth-order valence-electron chi connectivity index (χ4n) is 1.64. The first-order chi connectivity index (χ1) is 7.06. The molecule has 1 aromatic carbocycles. The molecular formula is C10H9Cl2NO2. The predicted molar refractivity (Wildman–Crippen MR) is 59.3 cm³/mol. The molecule has 1 heterocycles. The molecule has 15 heavy (non-hydrogen) atoms. The van der Waals surface area contributed by atoms with Crippen molar-refractivity contribution >= 4 is 34.8 Å². The molecule has 0 radical (unpaired) electrons. The Morgan fingerprint density at radius 1 is 1.53 bits per heavy atom. The first kappa shape index (κ1) is 10.7. The second kappa shape index (κ2) is 4.00. The number of amides is 1. The third-order valence-electron chi connectivity index (χ3n) is 2.29. The fraction of sp³-hybridized carbons (Fsp3) is 0.300. The summed E-state index contributed by atoms with van der Waals surface area (Å²) in [5, 5.41) is 12.3. The molecule has 3 nitrogen and oxygen atoms in total. The van der Waals surface area contributed by atoms with E-state index in [1.807, 2.05) is 0 Å². The van der Waals surface area contributed by atoms with Gasteiger partial charge in [-0.05, 0) is 17.2 Å². The molecule has 0 spiro atoms. The zero-order chi connectivity index (χ0) is 11.0. The topological polar surface area (TPSA) is 49.3 Å². The van der Waals surface area contributed by atoms with Crippen molar-refractivity contribution in [3.05, 3.63) is 28.3 Å². The first-order valence-electron chi connectivity index (χ1n) is 4.49. The van der Waals surface area contributed by atoms with Gasteiger partial charge in [0.25, 0.3) is 0 Å². The molecule has 1 amide bonds. The van der Waals surface area contributed by atoms with Gasteiger partial charge in [-0.3, -0.25) is 4.79 Å². The first-order valence-corrected chi connectivity index (χ1v) is 5.31. The van der Waals surface area contributed by atoms with Crippen molar-refractivity contribution in [1.82, 2.24) is 0 Å². The number of anilines is 1. The van der Waals surface area contributed by atoms with Crippen LogP contribution in [0.25, 0.3) is 0 Å². The average molecular weight is 246 g/mol. The third kappa shape index (κ3) is 2.25. The zero-order valence-electron chi connectivity index (χ0n) is 7.76. The van der Waals surface area contributed by atoms with Crippen LogP contribution in [0.4, 0.5) is 5.69 Å². The van der Waals surface area contributed by atoms with Crippen LogP contribution in [0.3, 0.4) is 0 Å². The van der Waals surface area contributed by atoms with Crippen LogP contribution in [-0.4, -0.2) is 16.6 Å². The minimum atomic E-state index is -0.953. The summed E-state index contributed by atoms with van der Waals surface area (Å²) in [4.78, 5) is 11.1. The van der Waals surface area contributed by atoms with E-state index in [2.05, 4.69) is 5.32 Å². The van der Waals surface area contributed by atoms with Gasteiger partial charge in [-0.15, -0.1) is 0 Å². The van der Waals surface area contributed by atoms with Gasteiger partial charge in [0.15, 0.2) is 0 Å². The molecule has 1 unspecified atom stereocenters. The molecule has 1 atom stereocenters. The van der Waals surface area contributed by atoms with E-state index >= 15 is 0 Å². The van der Waals surface area contributed by atoms with Gasteiger partial charge in [-0.1, -0.05) is 29.3 Å². The monoisotopic (exact) mass is 245 g/mol. The number of aliphatic hydroxyl groups excluding tert-OH is 1. The molecule has 80 valence electrons. The number of aliphatic hydroxyl groups is 1. The van der Waals surface area contributed by atoms with Crippen LogP contribution in [0, 0.1) is 0 Å². The van der Waals surface area contributed by atoms with Gasteiger partial charge < -0.3 is 10.4 Å². The van der Waals surface area contributed by atoms with E-state index < -0.39 is 5.56 Å². The number of nitrogens with one attached hydrogen (secondary N) is 1. The van der Waals surface area contributed by atoms with Crippen LogP contribution < -0.4 is 5.32 Å². The predicted octanol–water partition coefficient (Wildman–Crippen LogP) is 1.93.